The average Bonchev–Trinajstić information content (AvgIpc) is 2.95. The summed E-state index contributed by atoms with van der Waals surface area (Å²) in [6.45, 7) is 2.16. The standard InChI is InChI=1S/C17H16N4O2S/c1-11-10-16(23)21-14(19-11)8-9-18-15(22)6-7-17-20-12-4-2-3-5-13(12)24-17/h2-7,10H,8-9H2,1H3,(H,18,22)(H,19,21,23). The van der Waals surface area contributed by atoms with Crippen molar-refractivity contribution in [2.45, 2.75) is 13.3 Å². The minimum atomic E-state index is -0.204. The predicted molar refractivity (Wildman–Crippen MR) is 95.0 cm³/mol. The molecule has 0 aliphatic carbocycles. The number of fused-ring (bicyclic) bond motifs is 1. The number of H-pyrrole nitrogens is 1. The molecule has 2 heterocycles. The highest BCUT2D eigenvalue weighted by Crippen LogP contribution is 2.22. The quantitative estimate of drug-likeness (QED) is 0.696. The van der Waals surface area contributed by atoms with Gasteiger partial charge in [0.15, 0.2) is 0 Å². The summed E-state index contributed by atoms with van der Waals surface area (Å²) in [7, 11) is 0. The Morgan fingerprint density at radius 2 is 2.17 bits per heavy atom. The van der Waals surface area contributed by atoms with Crippen molar-refractivity contribution >= 4 is 33.5 Å². The van der Waals surface area contributed by atoms with E-state index in [2.05, 4.69) is 20.3 Å². The molecule has 0 bridgehead atoms. The Morgan fingerprint density at radius 3 is 2.96 bits per heavy atom. The number of hydrogen-bond donors (Lipinski definition) is 2. The van der Waals surface area contributed by atoms with Crippen LogP contribution < -0.4 is 10.9 Å². The second kappa shape index (κ2) is 7.18. The summed E-state index contributed by atoms with van der Waals surface area (Å²) < 4.78 is 1.09. The second-order valence-electron chi connectivity index (χ2n) is 5.23. The summed E-state index contributed by atoms with van der Waals surface area (Å²) in [6.07, 6.45) is 3.63. The molecule has 0 aliphatic heterocycles. The maximum Gasteiger partial charge on any atom is 0.251 e. The van der Waals surface area contributed by atoms with Gasteiger partial charge >= 0.3 is 0 Å². The highest BCUT2D eigenvalue weighted by atomic mass is 32.1. The van der Waals surface area contributed by atoms with Crippen LogP contribution in [0.25, 0.3) is 16.3 Å². The van der Waals surface area contributed by atoms with Gasteiger partial charge in [-0.25, -0.2) is 9.97 Å². The normalized spacial score (nSPS) is 11.2. The first-order valence-corrected chi connectivity index (χ1v) is 8.30. The molecule has 7 heteroatoms. The highest BCUT2D eigenvalue weighted by Gasteiger charge is 2.02. The van der Waals surface area contributed by atoms with Gasteiger partial charge in [0, 0.05) is 30.8 Å². The van der Waals surface area contributed by atoms with E-state index in [9.17, 15) is 9.59 Å². The van der Waals surface area contributed by atoms with Gasteiger partial charge in [0.25, 0.3) is 5.56 Å². The number of para-hydroxylation sites is 1. The van der Waals surface area contributed by atoms with E-state index in [1.807, 2.05) is 24.3 Å². The molecule has 1 aromatic carbocycles. The number of benzene rings is 1. The smallest absolute Gasteiger partial charge is 0.251 e. The van der Waals surface area contributed by atoms with Crippen molar-refractivity contribution in [3.63, 3.8) is 0 Å². The van der Waals surface area contributed by atoms with Crippen molar-refractivity contribution < 1.29 is 4.79 Å². The summed E-state index contributed by atoms with van der Waals surface area (Å²) in [4.78, 5) is 34.5. The van der Waals surface area contributed by atoms with Crippen LogP contribution in [0.15, 0.2) is 41.2 Å². The van der Waals surface area contributed by atoms with E-state index in [1.54, 1.807) is 13.0 Å². The number of hydrogen-bond acceptors (Lipinski definition) is 5. The monoisotopic (exact) mass is 340 g/mol. The largest absolute Gasteiger partial charge is 0.352 e. The zero-order valence-electron chi connectivity index (χ0n) is 13.1. The van der Waals surface area contributed by atoms with Crippen LogP contribution in [0, 0.1) is 6.92 Å². The van der Waals surface area contributed by atoms with E-state index in [1.165, 1.54) is 23.5 Å². The van der Waals surface area contributed by atoms with Crippen molar-refractivity contribution in [1.82, 2.24) is 20.3 Å². The summed E-state index contributed by atoms with van der Waals surface area (Å²) in [5.41, 5.74) is 1.41. The molecule has 0 radical (unpaired) electrons. The average molecular weight is 340 g/mol. The number of thiazole rings is 1. The third-order valence-electron chi connectivity index (χ3n) is 3.27. The Hall–Kier alpha value is -2.80. The topological polar surface area (TPSA) is 87.7 Å². The summed E-state index contributed by atoms with van der Waals surface area (Å²) in [6, 6.07) is 9.28. The molecule has 0 spiro atoms. The van der Waals surface area contributed by atoms with Gasteiger partial charge in [-0.3, -0.25) is 9.59 Å². The first-order chi connectivity index (χ1) is 11.6. The van der Waals surface area contributed by atoms with Gasteiger partial charge < -0.3 is 10.3 Å². The first-order valence-electron chi connectivity index (χ1n) is 7.48. The number of amides is 1. The predicted octanol–water partition coefficient (Wildman–Crippen LogP) is 2.06. The van der Waals surface area contributed by atoms with E-state index in [4.69, 9.17) is 0 Å². The van der Waals surface area contributed by atoms with Gasteiger partial charge in [0.1, 0.15) is 10.8 Å². The first kappa shape index (κ1) is 16.1. The van der Waals surface area contributed by atoms with E-state index in [-0.39, 0.29) is 11.5 Å². The van der Waals surface area contributed by atoms with Crippen LogP contribution in [0.2, 0.25) is 0 Å². The minimum absolute atomic E-state index is 0.181. The molecule has 0 atom stereocenters. The zero-order chi connectivity index (χ0) is 16.9. The van der Waals surface area contributed by atoms with Gasteiger partial charge in [-0.15, -0.1) is 11.3 Å². The van der Waals surface area contributed by atoms with Gasteiger partial charge in [-0.1, -0.05) is 12.1 Å². The number of nitrogens with zero attached hydrogens (tertiary/aromatic N) is 2. The zero-order valence-corrected chi connectivity index (χ0v) is 13.9. The lowest BCUT2D eigenvalue weighted by Gasteiger charge is -2.02. The Bertz CT molecular complexity index is 925. The molecule has 24 heavy (non-hydrogen) atoms. The Labute approximate surface area is 142 Å². The molecule has 0 unspecified atom stereocenters. The lowest BCUT2D eigenvalue weighted by Crippen LogP contribution is -2.25. The summed E-state index contributed by atoms with van der Waals surface area (Å²) >= 11 is 1.54. The number of carbonyl (C=O) groups excluding carboxylic acids is 1. The van der Waals surface area contributed by atoms with E-state index < -0.39 is 0 Å². The molecule has 0 saturated carbocycles. The van der Waals surface area contributed by atoms with Crippen LogP contribution >= 0.6 is 11.3 Å². The molecule has 3 aromatic rings. The molecular weight excluding hydrogens is 324 g/mol. The lowest BCUT2D eigenvalue weighted by atomic mass is 10.3. The molecule has 2 aromatic heterocycles. The number of nitrogens with one attached hydrogen (secondary N) is 2. The molecule has 0 aliphatic rings. The van der Waals surface area contributed by atoms with Gasteiger partial charge in [-0.05, 0) is 25.1 Å². The van der Waals surface area contributed by atoms with Gasteiger partial charge in [-0.2, -0.15) is 0 Å². The third kappa shape index (κ3) is 4.14. The Morgan fingerprint density at radius 1 is 1.33 bits per heavy atom. The van der Waals surface area contributed by atoms with Crippen LogP contribution in [-0.2, 0) is 11.2 Å². The SMILES string of the molecule is Cc1cc(=O)[nH]c(CCNC(=O)C=Cc2nc3ccccc3s2)n1. The molecule has 1 amide bonds. The number of aryl methyl sites for hydroxylation is 1. The minimum Gasteiger partial charge on any atom is -0.352 e. The fourth-order valence-corrected chi connectivity index (χ4v) is 3.10. The highest BCUT2D eigenvalue weighted by molar-refractivity contribution is 7.19. The van der Waals surface area contributed by atoms with Crippen molar-refractivity contribution in [3.8, 4) is 0 Å². The van der Waals surface area contributed by atoms with Gasteiger partial charge in [0.2, 0.25) is 5.91 Å². The van der Waals surface area contributed by atoms with Crippen LogP contribution in [0.5, 0.6) is 0 Å². The lowest BCUT2D eigenvalue weighted by molar-refractivity contribution is -0.116. The molecule has 0 fully saturated rings. The molecular formula is C17H16N4O2S. The Kier molecular flexibility index (Phi) is 4.81. The molecule has 122 valence electrons. The third-order valence-corrected chi connectivity index (χ3v) is 4.27. The van der Waals surface area contributed by atoms with Crippen molar-refractivity contribution in [1.29, 1.82) is 0 Å². The summed E-state index contributed by atoms with van der Waals surface area (Å²) in [5.74, 6) is 0.361. The molecule has 2 N–H and O–H groups in total. The van der Waals surface area contributed by atoms with Crippen LogP contribution in [0.4, 0.5) is 0 Å². The van der Waals surface area contributed by atoms with Crippen molar-refractivity contribution in [3.05, 3.63) is 63.3 Å². The molecule has 3 rings (SSSR count). The fourth-order valence-electron chi connectivity index (χ4n) is 2.23. The fraction of sp³-hybridized carbons (Fsp3) is 0.176. The van der Waals surface area contributed by atoms with E-state index >= 15 is 0 Å². The number of carbonyl (C=O) groups is 1. The summed E-state index contributed by atoms with van der Waals surface area (Å²) in [5, 5.41) is 3.55. The van der Waals surface area contributed by atoms with Crippen LogP contribution in [0.3, 0.4) is 0 Å². The van der Waals surface area contributed by atoms with E-state index in [0.29, 0.717) is 24.5 Å². The number of aromatic amines is 1. The number of aromatic nitrogens is 3. The van der Waals surface area contributed by atoms with Crippen LogP contribution in [0.1, 0.15) is 16.5 Å². The maximum atomic E-state index is 11.8. The number of rotatable bonds is 5. The van der Waals surface area contributed by atoms with Gasteiger partial charge in [0.05, 0.1) is 10.2 Å². The van der Waals surface area contributed by atoms with E-state index in [0.717, 1.165) is 15.2 Å². The molecule has 0 saturated heterocycles. The Balaban J connectivity index is 1.54. The maximum absolute atomic E-state index is 11.8. The van der Waals surface area contributed by atoms with Crippen molar-refractivity contribution in [2.24, 2.45) is 0 Å². The van der Waals surface area contributed by atoms with Crippen molar-refractivity contribution in [2.75, 3.05) is 6.54 Å². The molecule has 6 nitrogen and oxygen atoms in total. The van der Waals surface area contributed by atoms with Crippen LogP contribution in [-0.4, -0.2) is 27.4 Å². The second-order valence-corrected chi connectivity index (χ2v) is 6.29.